The molecule has 0 bridgehead atoms. The lowest BCUT2D eigenvalue weighted by Crippen LogP contribution is -1.97. The maximum atomic E-state index is 4.31. The zero-order chi connectivity index (χ0) is 12.7. The minimum Gasteiger partial charge on any atom is -0.293 e. The first-order valence-corrected chi connectivity index (χ1v) is 7.45. The van der Waals surface area contributed by atoms with E-state index < -0.39 is 0 Å². The van der Waals surface area contributed by atoms with E-state index in [1.165, 1.54) is 22.5 Å². The zero-order valence-corrected chi connectivity index (χ0v) is 12.1. The summed E-state index contributed by atoms with van der Waals surface area (Å²) in [6.07, 6.45) is 0. The van der Waals surface area contributed by atoms with Gasteiger partial charge in [0, 0.05) is 22.3 Å². The third kappa shape index (κ3) is 1.79. The molecule has 0 aliphatic heterocycles. The summed E-state index contributed by atoms with van der Waals surface area (Å²) in [5, 5.41) is 14.8. The molecule has 92 valence electrons. The molecule has 3 heterocycles. The smallest absolute Gasteiger partial charge is 0.217 e. The second kappa shape index (κ2) is 4.33. The Morgan fingerprint density at radius 2 is 1.72 bits per heavy atom. The summed E-state index contributed by atoms with van der Waals surface area (Å²) in [7, 11) is 0. The molecular formula is C13H13N3S2. The maximum Gasteiger partial charge on any atom is 0.217 e. The Kier molecular flexibility index (Phi) is 2.80. The van der Waals surface area contributed by atoms with Gasteiger partial charge in [-0.3, -0.25) is 4.57 Å². The number of aryl methyl sites for hydroxylation is 3. The molecule has 5 heteroatoms. The van der Waals surface area contributed by atoms with Crippen LogP contribution < -0.4 is 0 Å². The summed E-state index contributed by atoms with van der Waals surface area (Å²) in [4.78, 5) is 0. The van der Waals surface area contributed by atoms with E-state index in [-0.39, 0.29) is 0 Å². The fourth-order valence-corrected chi connectivity index (χ4v) is 3.92. The van der Waals surface area contributed by atoms with Crippen molar-refractivity contribution in [2.45, 2.75) is 20.8 Å². The van der Waals surface area contributed by atoms with E-state index >= 15 is 0 Å². The van der Waals surface area contributed by atoms with Crippen molar-refractivity contribution in [2.24, 2.45) is 0 Å². The molecule has 0 aromatic carbocycles. The van der Waals surface area contributed by atoms with E-state index in [1.807, 2.05) is 0 Å². The summed E-state index contributed by atoms with van der Waals surface area (Å²) in [5.41, 5.74) is 4.85. The van der Waals surface area contributed by atoms with Gasteiger partial charge >= 0.3 is 0 Å². The van der Waals surface area contributed by atoms with Crippen molar-refractivity contribution in [3.63, 3.8) is 0 Å². The van der Waals surface area contributed by atoms with E-state index in [1.54, 1.807) is 22.7 Å². The Hall–Kier alpha value is -1.46. The van der Waals surface area contributed by atoms with Gasteiger partial charge in [-0.2, -0.15) is 11.3 Å². The Balaban J connectivity index is 2.08. The van der Waals surface area contributed by atoms with Crippen LogP contribution >= 0.6 is 22.7 Å². The SMILES string of the molecule is Cc1cscc1-c1nnc(-n2c(C)ccc2C)s1. The van der Waals surface area contributed by atoms with Crippen LogP contribution in [0.5, 0.6) is 0 Å². The third-order valence-corrected chi connectivity index (χ3v) is 4.77. The van der Waals surface area contributed by atoms with Gasteiger partial charge in [-0.25, -0.2) is 0 Å². The summed E-state index contributed by atoms with van der Waals surface area (Å²) in [5.74, 6) is 0. The van der Waals surface area contributed by atoms with Crippen molar-refractivity contribution < 1.29 is 0 Å². The van der Waals surface area contributed by atoms with Gasteiger partial charge in [0.15, 0.2) is 5.01 Å². The number of thiophene rings is 1. The van der Waals surface area contributed by atoms with Gasteiger partial charge in [-0.15, -0.1) is 10.2 Å². The van der Waals surface area contributed by atoms with Crippen LogP contribution in [0.15, 0.2) is 22.9 Å². The molecule has 0 spiro atoms. The van der Waals surface area contributed by atoms with Gasteiger partial charge in [-0.05, 0) is 43.8 Å². The number of rotatable bonds is 2. The van der Waals surface area contributed by atoms with Crippen LogP contribution in [0.4, 0.5) is 0 Å². The monoisotopic (exact) mass is 275 g/mol. The third-order valence-electron chi connectivity index (χ3n) is 2.96. The largest absolute Gasteiger partial charge is 0.293 e. The Morgan fingerprint density at radius 3 is 2.33 bits per heavy atom. The van der Waals surface area contributed by atoms with Crippen LogP contribution in [-0.2, 0) is 0 Å². The standard InChI is InChI=1S/C13H13N3S2/c1-8-6-17-7-11(8)12-14-15-13(18-12)16-9(2)4-5-10(16)3/h4-7H,1-3H3. The summed E-state index contributed by atoms with van der Waals surface area (Å²) in [6, 6.07) is 4.21. The van der Waals surface area contributed by atoms with Gasteiger partial charge < -0.3 is 0 Å². The van der Waals surface area contributed by atoms with E-state index in [4.69, 9.17) is 0 Å². The number of hydrogen-bond donors (Lipinski definition) is 0. The highest BCUT2D eigenvalue weighted by molar-refractivity contribution is 7.17. The van der Waals surface area contributed by atoms with E-state index in [0.717, 1.165) is 10.1 Å². The van der Waals surface area contributed by atoms with Crippen molar-refractivity contribution in [3.8, 4) is 15.7 Å². The average molecular weight is 275 g/mol. The molecule has 3 rings (SSSR count). The molecule has 0 fully saturated rings. The highest BCUT2D eigenvalue weighted by atomic mass is 32.1. The van der Waals surface area contributed by atoms with Crippen LogP contribution in [0.3, 0.4) is 0 Å². The zero-order valence-electron chi connectivity index (χ0n) is 10.5. The van der Waals surface area contributed by atoms with Crippen molar-refractivity contribution in [2.75, 3.05) is 0 Å². The average Bonchev–Trinajstić information content (AvgIpc) is 3.00. The Bertz CT molecular complexity index is 671. The fraction of sp³-hybridized carbons (Fsp3) is 0.231. The van der Waals surface area contributed by atoms with E-state index in [2.05, 4.69) is 58.4 Å². The molecule has 3 aromatic rings. The minimum atomic E-state index is 0.940. The fourth-order valence-electron chi connectivity index (χ4n) is 1.96. The summed E-state index contributed by atoms with van der Waals surface area (Å²) in [6.45, 7) is 6.28. The minimum absolute atomic E-state index is 0.940. The summed E-state index contributed by atoms with van der Waals surface area (Å²) < 4.78 is 2.14. The first-order valence-electron chi connectivity index (χ1n) is 5.69. The first kappa shape index (κ1) is 11.6. The van der Waals surface area contributed by atoms with Crippen LogP contribution in [0.1, 0.15) is 17.0 Å². The molecule has 0 N–H and O–H groups in total. The molecule has 0 amide bonds. The second-order valence-corrected chi connectivity index (χ2v) is 6.01. The quantitative estimate of drug-likeness (QED) is 0.708. The van der Waals surface area contributed by atoms with Gasteiger partial charge in [0.05, 0.1) is 0 Å². The second-order valence-electron chi connectivity index (χ2n) is 4.31. The van der Waals surface area contributed by atoms with Crippen LogP contribution in [-0.4, -0.2) is 14.8 Å². The van der Waals surface area contributed by atoms with Crippen LogP contribution in [0.25, 0.3) is 15.7 Å². The van der Waals surface area contributed by atoms with Crippen LogP contribution in [0.2, 0.25) is 0 Å². The van der Waals surface area contributed by atoms with E-state index in [9.17, 15) is 0 Å². The predicted octanol–water partition coefficient (Wildman–Crippen LogP) is 3.98. The molecule has 0 unspecified atom stereocenters. The normalized spacial score (nSPS) is 11.1. The molecule has 0 saturated heterocycles. The van der Waals surface area contributed by atoms with Gasteiger partial charge in [0.1, 0.15) is 0 Å². The number of nitrogens with zero attached hydrogens (tertiary/aromatic N) is 3. The lowest BCUT2D eigenvalue weighted by Gasteiger charge is -2.02. The van der Waals surface area contributed by atoms with Crippen molar-refractivity contribution in [3.05, 3.63) is 39.8 Å². The van der Waals surface area contributed by atoms with Crippen molar-refractivity contribution >= 4 is 22.7 Å². The van der Waals surface area contributed by atoms with E-state index in [0.29, 0.717) is 0 Å². The highest BCUT2D eigenvalue weighted by Gasteiger charge is 2.13. The lowest BCUT2D eigenvalue weighted by molar-refractivity contribution is 0.913. The molecule has 0 aliphatic carbocycles. The first-order chi connectivity index (χ1) is 8.66. The van der Waals surface area contributed by atoms with Gasteiger partial charge in [0.25, 0.3) is 0 Å². The Labute approximate surface area is 114 Å². The molecule has 0 radical (unpaired) electrons. The molecule has 0 saturated carbocycles. The molecule has 18 heavy (non-hydrogen) atoms. The predicted molar refractivity (Wildman–Crippen MR) is 76.8 cm³/mol. The lowest BCUT2D eigenvalue weighted by atomic mass is 10.2. The molecule has 3 aromatic heterocycles. The topological polar surface area (TPSA) is 30.7 Å². The van der Waals surface area contributed by atoms with Crippen molar-refractivity contribution in [1.82, 2.24) is 14.8 Å². The maximum absolute atomic E-state index is 4.31. The highest BCUT2D eigenvalue weighted by Crippen LogP contribution is 2.31. The van der Waals surface area contributed by atoms with Gasteiger partial charge in [-0.1, -0.05) is 11.3 Å². The van der Waals surface area contributed by atoms with Crippen molar-refractivity contribution in [1.29, 1.82) is 0 Å². The molecule has 3 nitrogen and oxygen atoms in total. The number of hydrogen-bond acceptors (Lipinski definition) is 4. The Morgan fingerprint density at radius 1 is 1.00 bits per heavy atom. The summed E-state index contributed by atoms with van der Waals surface area (Å²) >= 11 is 3.34. The van der Waals surface area contributed by atoms with Gasteiger partial charge in [0.2, 0.25) is 5.13 Å². The number of aromatic nitrogens is 3. The molecule has 0 atom stereocenters. The molecular weight excluding hydrogens is 262 g/mol. The van der Waals surface area contributed by atoms with Crippen LogP contribution in [0, 0.1) is 20.8 Å². The molecule has 0 aliphatic rings.